The monoisotopic (exact) mass is 252 g/mol. The van der Waals surface area contributed by atoms with Crippen LogP contribution in [0.3, 0.4) is 0 Å². The Balaban J connectivity index is 2.02. The van der Waals surface area contributed by atoms with Gasteiger partial charge in [-0.2, -0.15) is 0 Å². The van der Waals surface area contributed by atoms with Crippen molar-refractivity contribution < 1.29 is 19.1 Å². The highest BCUT2D eigenvalue weighted by Gasteiger charge is 2.47. The summed E-state index contributed by atoms with van der Waals surface area (Å²) in [4.78, 5) is 34.4. The van der Waals surface area contributed by atoms with Crippen LogP contribution in [0.1, 0.15) is 46.5 Å². The molecule has 0 N–H and O–H groups in total. The van der Waals surface area contributed by atoms with Crippen LogP contribution >= 0.6 is 0 Å². The summed E-state index contributed by atoms with van der Waals surface area (Å²) >= 11 is 0. The Hall–Kier alpha value is -1.19. The number of Topliss-reactive ketones (excluding diaryl/α,β-unsaturated/α-hetero) is 2. The van der Waals surface area contributed by atoms with Gasteiger partial charge in [0.05, 0.1) is 5.92 Å². The molecule has 0 spiro atoms. The molecule has 0 radical (unpaired) electrons. The van der Waals surface area contributed by atoms with E-state index in [1.54, 1.807) is 0 Å². The minimum Gasteiger partial charge on any atom is -0.460 e. The highest BCUT2D eigenvalue weighted by atomic mass is 16.6. The average molecular weight is 252 g/mol. The number of carbonyl (C=O) groups excluding carboxylic acids is 3. The zero-order valence-electron chi connectivity index (χ0n) is 11.2. The van der Waals surface area contributed by atoms with Crippen molar-refractivity contribution in [2.24, 2.45) is 17.8 Å². The van der Waals surface area contributed by atoms with Crippen LogP contribution in [-0.4, -0.2) is 23.1 Å². The smallest absolute Gasteiger partial charge is 0.310 e. The van der Waals surface area contributed by atoms with E-state index < -0.39 is 5.60 Å². The second-order valence-corrected chi connectivity index (χ2v) is 6.47. The van der Waals surface area contributed by atoms with Crippen molar-refractivity contribution in [3.63, 3.8) is 0 Å². The van der Waals surface area contributed by atoms with Crippen LogP contribution in [-0.2, 0) is 19.1 Å². The van der Waals surface area contributed by atoms with Gasteiger partial charge >= 0.3 is 5.97 Å². The Bertz CT molecular complexity index is 351. The molecule has 0 amide bonds. The Kier molecular flexibility index (Phi) is 3.30. The first kappa shape index (κ1) is 13.2. The number of ether oxygens (including phenoxy) is 1. The van der Waals surface area contributed by atoms with E-state index in [4.69, 9.17) is 4.74 Å². The van der Waals surface area contributed by atoms with Crippen molar-refractivity contribution in [3.05, 3.63) is 0 Å². The summed E-state index contributed by atoms with van der Waals surface area (Å²) in [6.45, 7) is 5.50. The molecular formula is C14H20O4. The van der Waals surface area contributed by atoms with E-state index in [1.165, 1.54) is 0 Å². The lowest BCUT2D eigenvalue weighted by atomic mass is 9.64. The van der Waals surface area contributed by atoms with Crippen LogP contribution in [0.4, 0.5) is 0 Å². The van der Waals surface area contributed by atoms with Crippen molar-refractivity contribution in [2.75, 3.05) is 0 Å². The molecule has 0 atom stereocenters. The summed E-state index contributed by atoms with van der Waals surface area (Å²) in [7, 11) is 0. The van der Waals surface area contributed by atoms with E-state index in [-0.39, 0.29) is 35.3 Å². The van der Waals surface area contributed by atoms with E-state index >= 15 is 0 Å². The predicted molar refractivity (Wildman–Crippen MR) is 64.8 cm³/mol. The number of rotatable bonds is 3. The van der Waals surface area contributed by atoms with E-state index in [0.717, 1.165) is 0 Å². The van der Waals surface area contributed by atoms with Gasteiger partial charge in [0.1, 0.15) is 17.2 Å². The molecule has 0 saturated heterocycles. The molecule has 4 nitrogen and oxygen atoms in total. The second kappa shape index (κ2) is 4.48. The van der Waals surface area contributed by atoms with Gasteiger partial charge in [-0.3, -0.25) is 14.4 Å². The zero-order valence-corrected chi connectivity index (χ0v) is 11.2. The van der Waals surface area contributed by atoms with Crippen molar-refractivity contribution in [3.8, 4) is 0 Å². The van der Waals surface area contributed by atoms with E-state index in [0.29, 0.717) is 25.7 Å². The number of carbonyl (C=O) groups is 3. The largest absolute Gasteiger partial charge is 0.460 e. The van der Waals surface area contributed by atoms with Crippen LogP contribution < -0.4 is 0 Å². The van der Waals surface area contributed by atoms with Crippen LogP contribution in [0.15, 0.2) is 0 Å². The maximum absolute atomic E-state index is 12.2. The van der Waals surface area contributed by atoms with Crippen LogP contribution in [0.25, 0.3) is 0 Å². The maximum Gasteiger partial charge on any atom is 0.310 e. The normalized spacial score (nSPS) is 21.8. The van der Waals surface area contributed by atoms with Gasteiger partial charge in [-0.25, -0.2) is 0 Å². The second-order valence-electron chi connectivity index (χ2n) is 6.47. The van der Waals surface area contributed by atoms with Crippen LogP contribution in [0.2, 0.25) is 0 Å². The number of ketones is 2. The molecular weight excluding hydrogens is 232 g/mol. The molecule has 18 heavy (non-hydrogen) atoms. The fraction of sp³-hybridized carbons (Fsp3) is 0.786. The predicted octanol–water partition coefficient (Wildman–Crippen LogP) is 1.90. The minimum absolute atomic E-state index is 0.0884. The maximum atomic E-state index is 12.2. The molecule has 0 aliphatic heterocycles. The van der Waals surface area contributed by atoms with Gasteiger partial charge < -0.3 is 4.74 Å². The van der Waals surface area contributed by atoms with Crippen molar-refractivity contribution in [1.29, 1.82) is 0 Å². The van der Waals surface area contributed by atoms with Gasteiger partial charge in [0.15, 0.2) is 0 Å². The van der Waals surface area contributed by atoms with E-state index in [2.05, 4.69) is 0 Å². The Labute approximate surface area is 107 Å². The Morgan fingerprint density at radius 2 is 1.44 bits per heavy atom. The first-order valence-electron chi connectivity index (χ1n) is 6.52. The minimum atomic E-state index is -0.517. The molecule has 4 heteroatoms. The van der Waals surface area contributed by atoms with Crippen molar-refractivity contribution in [1.82, 2.24) is 0 Å². The molecule has 2 aliphatic carbocycles. The summed E-state index contributed by atoms with van der Waals surface area (Å²) in [5, 5.41) is 0. The standard InChI is InChI=1S/C14H20O4/c1-14(2,3)18-13(17)12(8-4-10(15)5-8)9-6-11(16)7-9/h8-9,12H,4-7H2,1-3H3. The average Bonchev–Trinajstić information content (AvgIpc) is 2.09. The van der Waals surface area contributed by atoms with Crippen LogP contribution in [0, 0.1) is 17.8 Å². The molecule has 2 fully saturated rings. The quantitative estimate of drug-likeness (QED) is 0.720. The number of hydrogen-bond acceptors (Lipinski definition) is 4. The molecule has 0 aromatic carbocycles. The van der Waals surface area contributed by atoms with Crippen molar-refractivity contribution in [2.45, 2.75) is 52.1 Å². The summed E-state index contributed by atoms with van der Waals surface area (Å²) in [6, 6.07) is 0. The highest BCUT2D eigenvalue weighted by Crippen LogP contribution is 2.42. The molecule has 100 valence electrons. The van der Waals surface area contributed by atoms with Gasteiger partial charge in [-0.1, -0.05) is 0 Å². The highest BCUT2D eigenvalue weighted by molar-refractivity contribution is 5.90. The lowest BCUT2D eigenvalue weighted by molar-refractivity contribution is -0.168. The molecule has 0 aromatic heterocycles. The molecule has 2 aliphatic rings. The summed E-state index contributed by atoms with van der Waals surface area (Å²) < 4.78 is 5.42. The van der Waals surface area contributed by atoms with E-state index in [9.17, 15) is 14.4 Å². The number of hydrogen-bond donors (Lipinski definition) is 0. The topological polar surface area (TPSA) is 60.4 Å². The fourth-order valence-corrected chi connectivity index (χ4v) is 2.70. The summed E-state index contributed by atoms with van der Waals surface area (Å²) in [5.74, 6) is 0.0893. The SMILES string of the molecule is CC(C)(C)OC(=O)C(C1CC(=O)C1)C1CC(=O)C1. The molecule has 2 rings (SSSR count). The lowest BCUT2D eigenvalue weighted by Gasteiger charge is -2.40. The molecule has 0 heterocycles. The fourth-order valence-electron chi connectivity index (χ4n) is 2.70. The van der Waals surface area contributed by atoms with Gasteiger partial charge in [0.2, 0.25) is 0 Å². The third-order valence-electron chi connectivity index (χ3n) is 3.65. The van der Waals surface area contributed by atoms with Gasteiger partial charge in [-0.05, 0) is 32.6 Å². The Morgan fingerprint density at radius 3 is 1.72 bits per heavy atom. The molecule has 0 bridgehead atoms. The van der Waals surface area contributed by atoms with Crippen molar-refractivity contribution >= 4 is 17.5 Å². The van der Waals surface area contributed by atoms with Gasteiger partial charge in [0, 0.05) is 25.7 Å². The third-order valence-corrected chi connectivity index (χ3v) is 3.65. The van der Waals surface area contributed by atoms with Gasteiger partial charge in [-0.15, -0.1) is 0 Å². The first-order chi connectivity index (χ1) is 8.26. The molecule has 0 unspecified atom stereocenters. The first-order valence-corrected chi connectivity index (χ1v) is 6.52. The number of esters is 1. The summed E-state index contributed by atoms with van der Waals surface area (Å²) in [6.07, 6.45) is 1.87. The Morgan fingerprint density at radius 1 is 1.06 bits per heavy atom. The van der Waals surface area contributed by atoms with Gasteiger partial charge in [0.25, 0.3) is 0 Å². The molecule has 2 saturated carbocycles. The summed E-state index contributed by atoms with van der Waals surface area (Å²) in [5.41, 5.74) is -0.517. The zero-order chi connectivity index (χ0) is 13.5. The van der Waals surface area contributed by atoms with Crippen LogP contribution in [0.5, 0.6) is 0 Å². The van der Waals surface area contributed by atoms with E-state index in [1.807, 2.05) is 20.8 Å². The molecule has 0 aromatic rings. The third kappa shape index (κ3) is 2.79. The lowest BCUT2D eigenvalue weighted by Crippen LogP contribution is -2.46.